The maximum absolute atomic E-state index is 13.8. The first-order chi connectivity index (χ1) is 22.9. The average Bonchev–Trinajstić information content (AvgIpc) is 3.35. The number of β-amino-alcohol motifs (C(OH)–C–C–N with tert-alkyl or cyclic N) is 1. The van der Waals surface area contributed by atoms with E-state index in [9.17, 15) is 29.7 Å². The summed E-state index contributed by atoms with van der Waals surface area (Å²) in [6, 6.07) is 23.2. The van der Waals surface area contributed by atoms with E-state index in [0.717, 1.165) is 22.3 Å². The molecule has 2 aliphatic rings. The fourth-order valence-corrected chi connectivity index (χ4v) is 6.83. The van der Waals surface area contributed by atoms with Gasteiger partial charge in [-0.1, -0.05) is 66.7 Å². The summed E-state index contributed by atoms with van der Waals surface area (Å²) < 4.78 is 0. The zero-order valence-corrected chi connectivity index (χ0v) is 28.0. The molecule has 10 nitrogen and oxygen atoms in total. The minimum atomic E-state index is -0.974. The fourth-order valence-electron chi connectivity index (χ4n) is 6.83. The number of benzene rings is 3. The van der Waals surface area contributed by atoms with Gasteiger partial charge in [-0.25, -0.2) is 4.79 Å². The van der Waals surface area contributed by atoms with Crippen molar-refractivity contribution in [1.29, 1.82) is 0 Å². The highest BCUT2D eigenvalue weighted by Crippen LogP contribution is 2.32. The van der Waals surface area contributed by atoms with Gasteiger partial charge in [0.05, 0.1) is 23.8 Å². The molecule has 0 saturated carbocycles. The second-order valence-corrected chi connectivity index (χ2v) is 14.2. The molecule has 10 heteroatoms. The van der Waals surface area contributed by atoms with Crippen molar-refractivity contribution >= 4 is 17.8 Å². The molecular formula is C38H48N4O6. The number of nitrogens with one attached hydrogen (secondary N) is 2. The first kappa shape index (κ1) is 35.2. The lowest BCUT2D eigenvalue weighted by Crippen LogP contribution is -2.61. The van der Waals surface area contributed by atoms with Gasteiger partial charge in [-0.05, 0) is 68.0 Å². The van der Waals surface area contributed by atoms with Crippen LogP contribution in [0, 0.1) is 5.92 Å². The van der Waals surface area contributed by atoms with Crippen LogP contribution in [0.5, 0.6) is 0 Å². The molecule has 5 N–H and O–H groups in total. The summed E-state index contributed by atoms with van der Waals surface area (Å²) in [5, 5.41) is 37.7. The van der Waals surface area contributed by atoms with Gasteiger partial charge >= 0.3 is 5.97 Å². The van der Waals surface area contributed by atoms with E-state index in [-0.39, 0.29) is 30.3 Å². The summed E-state index contributed by atoms with van der Waals surface area (Å²) in [5.74, 6) is -1.88. The van der Waals surface area contributed by atoms with Gasteiger partial charge in [0.1, 0.15) is 6.04 Å². The lowest BCUT2D eigenvalue weighted by molar-refractivity contribution is -0.132. The largest absolute Gasteiger partial charge is 0.478 e. The summed E-state index contributed by atoms with van der Waals surface area (Å²) in [5.41, 5.74) is 3.64. The van der Waals surface area contributed by atoms with Gasteiger partial charge in [-0.15, -0.1) is 0 Å². The topological polar surface area (TPSA) is 142 Å². The number of carboxylic acid groups (broad SMARTS) is 1. The smallest absolute Gasteiger partial charge is 0.335 e. The minimum Gasteiger partial charge on any atom is -0.478 e. The Bertz CT molecular complexity index is 1560. The summed E-state index contributed by atoms with van der Waals surface area (Å²) in [6.07, 6.45) is -0.511. The molecule has 1 saturated heterocycles. The van der Waals surface area contributed by atoms with E-state index in [2.05, 4.69) is 15.5 Å². The molecule has 1 aliphatic carbocycles. The van der Waals surface area contributed by atoms with Crippen LogP contribution in [0.1, 0.15) is 65.8 Å². The Balaban J connectivity index is 1.28. The zero-order chi connectivity index (χ0) is 34.4. The number of amides is 2. The van der Waals surface area contributed by atoms with Gasteiger partial charge in [-0.3, -0.25) is 19.4 Å². The number of carboxylic acids is 1. The third kappa shape index (κ3) is 9.29. The molecule has 0 bridgehead atoms. The van der Waals surface area contributed by atoms with Gasteiger partial charge in [0.2, 0.25) is 11.8 Å². The molecule has 1 fully saturated rings. The van der Waals surface area contributed by atoms with E-state index >= 15 is 0 Å². The SMILES string of the molecule is CC(C)(C)NC(=O)[C@@H]1CN(Cc2ccc(C(=O)O)cc2)CCN1C[C@@H](O)C[C@@H](Cc1ccccc1)C(=O)N[C@H]1c2ccccc2C[C@H]1O. The molecule has 48 heavy (non-hydrogen) atoms. The first-order valence-electron chi connectivity index (χ1n) is 16.7. The summed E-state index contributed by atoms with van der Waals surface area (Å²) >= 11 is 0. The van der Waals surface area contributed by atoms with Crippen LogP contribution in [-0.2, 0) is 29.0 Å². The van der Waals surface area contributed by atoms with Gasteiger partial charge in [-0.2, -0.15) is 0 Å². The summed E-state index contributed by atoms with van der Waals surface area (Å²) in [7, 11) is 0. The molecule has 0 radical (unpaired) electrons. The van der Waals surface area contributed by atoms with Crippen molar-refractivity contribution in [2.24, 2.45) is 5.92 Å². The van der Waals surface area contributed by atoms with E-state index in [0.29, 0.717) is 39.0 Å². The monoisotopic (exact) mass is 656 g/mol. The van der Waals surface area contributed by atoms with Crippen LogP contribution in [0.25, 0.3) is 0 Å². The molecule has 0 spiro atoms. The first-order valence-corrected chi connectivity index (χ1v) is 16.7. The molecule has 0 aromatic heterocycles. The molecule has 5 rings (SSSR count). The van der Waals surface area contributed by atoms with Crippen LogP contribution in [0.3, 0.4) is 0 Å². The molecule has 5 atom stereocenters. The Morgan fingerprint density at radius 1 is 0.917 bits per heavy atom. The molecular weight excluding hydrogens is 608 g/mol. The highest BCUT2D eigenvalue weighted by molar-refractivity contribution is 5.87. The second-order valence-electron chi connectivity index (χ2n) is 14.2. The van der Waals surface area contributed by atoms with Crippen molar-refractivity contribution in [3.63, 3.8) is 0 Å². The van der Waals surface area contributed by atoms with Crippen LogP contribution in [-0.4, -0.2) is 92.9 Å². The number of hydrogen-bond donors (Lipinski definition) is 5. The Hall–Kier alpha value is -4.09. The number of piperazine rings is 1. The van der Waals surface area contributed by atoms with Crippen molar-refractivity contribution in [2.45, 2.75) is 76.4 Å². The predicted octanol–water partition coefficient (Wildman–Crippen LogP) is 3.17. The summed E-state index contributed by atoms with van der Waals surface area (Å²) in [4.78, 5) is 42.9. The second kappa shape index (κ2) is 15.4. The third-order valence-electron chi connectivity index (χ3n) is 9.18. The molecule has 0 unspecified atom stereocenters. The van der Waals surface area contributed by atoms with Crippen molar-refractivity contribution in [1.82, 2.24) is 20.4 Å². The van der Waals surface area contributed by atoms with E-state index in [1.54, 1.807) is 24.3 Å². The number of nitrogens with zero attached hydrogens (tertiary/aromatic N) is 2. The lowest BCUT2D eigenvalue weighted by Gasteiger charge is -2.42. The van der Waals surface area contributed by atoms with Crippen LogP contribution in [0.15, 0.2) is 78.9 Å². The summed E-state index contributed by atoms with van der Waals surface area (Å²) in [6.45, 7) is 8.19. The zero-order valence-electron chi connectivity index (χ0n) is 28.0. The highest BCUT2D eigenvalue weighted by Gasteiger charge is 2.37. The highest BCUT2D eigenvalue weighted by atomic mass is 16.4. The standard InChI is InChI=1S/C38H48N4O6/c1-38(2,3)40-36(46)32-24-41(22-26-13-15-27(16-14-26)37(47)48)17-18-42(32)23-30(43)20-29(19-25-9-5-4-6-10-25)35(45)39-34-31-12-8-7-11-28(31)21-33(34)44/h4-16,29-30,32-34,43-44H,17-24H2,1-3H3,(H,39,45)(H,40,46)(H,47,48)/t29-,30+,32+,33-,34+/m1/s1. The van der Waals surface area contributed by atoms with Crippen LogP contribution < -0.4 is 10.6 Å². The van der Waals surface area contributed by atoms with Crippen molar-refractivity contribution in [3.05, 3.63) is 107 Å². The van der Waals surface area contributed by atoms with Gasteiger partial charge in [0, 0.05) is 50.6 Å². The third-order valence-corrected chi connectivity index (χ3v) is 9.18. The van der Waals surface area contributed by atoms with Crippen molar-refractivity contribution in [2.75, 3.05) is 26.2 Å². The quantitative estimate of drug-likeness (QED) is 0.200. The van der Waals surface area contributed by atoms with Crippen LogP contribution in [0.4, 0.5) is 0 Å². The number of carbonyl (C=O) groups excluding carboxylic acids is 2. The Morgan fingerprint density at radius 3 is 2.29 bits per heavy atom. The fraction of sp³-hybridized carbons (Fsp3) is 0.447. The number of carbonyl (C=O) groups is 3. The molecule has 3 aromatic rings. The van der Waals surface area contributed by atoms with Gasteiger partial charge in [0.25, 0.3) is 0 Å². The van der Waals surface area contributed by atoms with Crippen molar-refractivity contribution < 1.29 is 29.7 Å². The molecule has 1 heterocycles. The molecule has 256 valence electrons. The van der Waals surface area contributed by atoms with Gasteiger partial charge < -0.3 is 26.0 Å². The lowest BCUT2D eigenvalue weighted by atomic mass is 9.91. The van der Waals surface area contributed by atoms with Crippen LogP contribution in [0.2, 0.25) is 0 Å². The maximum Gasteiger partial charge on any atom is 0.335 e. The number of aromatic carboxylic acids is 1. The van der Waals surface area contributed by atoms with Gasteiger partial charge in [0.15, 0.2) is 0 Å². The normalized spacial score (nSPS) is 21.2. The van der Waals surface area contributed by atoms with E-state index < -0.39 is 41.7 Å². The number of hydrogen-bond acceptors (Lipinski definition) is 7. The number of aliphatic hydroxyl groups excluding tert-OH is 2. The predicted molar refractivity (Wildman–Crippen MR) is 183 cm³/mol. The maximum atomic E-state index is 13.8. The Labute approximate surface area is 282 Å². The number of fused-ring (bicyclic) bond motifs is 1. The van der Waals surface area contributed by atoms with E-state index in [1.807, 2.05) is 80.3 Å². The minimum absolute atomic E-state index is 0.131. The molecule has 2 amide bonds. The average molecular weight is 657 g/mol. The van der Waals surface area contributed by atoms with Crippen molar-refractivity contribution in [3.8, 4) is 0 Å². The Morgan fingerprint density at radius 2 is 1.60 bits per heavy atom. The van der Waals surface area contributed by atoms with Crippen LogP contribution >= 0.6 is 0 Å². The number of aliphatic hydroxyl groups is 2. The molecule has 1 aliphatic heterocycles. The molecule has 3 aromatic carbocycles. The van der Waals surface area contributed by atoms with E-state index in [1.165, 1.54) is 0 Å². The number of rotatable bonds is 12. The van der Waals surface area contributed by atoms with E-state index in [4.69, 9.17) is 0 Å². The Kier molecular flexibility index (Phi) is 11.3.